The van der Waals surface area contributed by atoms with E-state index < -0.39 is 0 Å². The quantitative estimate of drug-likeness (QED) is 0.722. The Hall–Kier alpha value is -2.33. The van der Waals surface area contributed by atoms with Crippen LogP contribution in [0.1, 0.15) is 24.5 Å². The summed E-state index contributed by atoms with van der Waals surface area (Å²) in [4.78, 5) is 14.5. The van der Waals surface area contributed by atoms with Crippen molar-refractivity contribution in [2.24, 2.45) is 0 Å². The van der Waals surface area contributed by atoms with Crippen molar-refractivity contribution in [2.75, 3.05) is 26.7 Å². The summed E-state index contributed by atoms with van der Waals surface area (Å²) < 4.78 is 5.34. The molecular weight excluding hydrogens is 312 g/mol. The molecule has 0 atom stereocenters. The first kappa shape index (κ1) is 19.0. The lowest BCUT2D eigenvalue weighted by Gasteiger charge is -2.21. The predicted molar refractivity (Wildman–Crippen MR) is 102 cm³/mol. The van der Waals surface area contributed by atoms with Gasteiger partial charge in [0.15, 0.2) is 0 Å². The van der Waals surface area contributed by atoms with Gasteiger partial charge in [-0.1, -0.05) is 55.5 Å². The number of hydrogen-bond acceptors (Lipinski definition) is 3. The normalized spacial score (nSPS) is 10.7. The van der Waals surface area contributed by atoms with Crippen molar-refractivity contribution in [2.45, 2.75) is 26.3 Å². The highest BCUT2D eigenvalue weighted by Gasteiger charge is 2.11. The average Bonchev–Trinajstić information content (AvgIpc) is 2.63. The molecule has 0 fully saturated rings. The SMILES string of the molecule is CCCN(CC(=O)NCCc1ccccc1OC)Cc1ccccc1. The highest BCUT2D eigenvalue weighted by Crippen LogP contribution is 2.17. The van der Waals surface area contributed by atoms with Crippen LogP contribution in [0.25, 0.3) is 0 Å². The number of carbonyl (C=O) groups excluding carboxylic acids is 1. The van der Waals surface area contributed by atoms with E-state index in [1.807, 2.05) is 42.5 Å². The Morgan fingerprint density at radius 3 is 2.52 bits per heavy atom. The summed E-state index contributed by atoms with van der Waals surface area (Å²) in [5.41, 5.74) is 2.35. The summed E-state index contributed by atoms with van der Waals surface area (Å²) >= 11 is 0. The van der Waals surface area contributed by atoms with Gasteiger partial charge in [-0.05, 0) is 36.6 Å². The number of rotatable bonds is 10. The van der Waals surface area contributed by atoms with Gasteiger partial charge in [0.05, 0.1) is 13.7 Å². The molecule has 0 radical (unpaired) electrons. The fraction of sp³-hybridized carbons (Fsp3) is 0.381. The van der Waals surface area contributed by atoms with E-state index in [1.165, 1.54) is 5.56 Å². The molecule has 1 amide bonds. The van der Waals surface area contributed by atoms with Crippen LogP contribution in [0.15, 0.2) is 54.6 Å². The Balaban J connectivity index is 1.80. The summed E-state index contributed by atoms with van der Waals surface area (Å²) in [6.45, 7) is 4.89. The third-order valence-corrected chi connectivity index (χ3v) is 4.07. The molecule has 0 saturated carbocycles. The van der Waals surface area contributed by atoms with Crippen molar-refractivity contribution >= 4 is 5.91 Å². The van der Waals surface area contributed by atoms with Crippen LogP contribution in [0.4, 0.5) is 0 Å². The summed E-state index contributed by atoms with van der Waals surface area (Å²) in [6, 6.07) is 18.2. The van der Waals surface area contributed by atoms with Crippen molar-refractivity contribution in [1.29, 1.82) is 0 Å². The van der Waals surface area contributed by atoms with Crippen molar-refractivity contribution in [3.8, 4) is 5.75 Å². The number of nitrogens with one attached hydrogen (secondary N) is 1. The molecule has 0 aliphatic carbocycles. The first-order chi connectivity index (χ1) is 12.2. The van der Waals surface area contributed by atoms with E-state index in [9.17, 15) is 4.79 Å². The van der Waals surface area contributed by atoms with E-state index >= 15 is 0 Å². The van der Waals surface area contributed by atoms with Gasteiger partial charge in [-0.3, -0.25) is 9.69 Å². The third-order valence-electron chi connectivity index (χ3n) is 4.07. The van der Waals surface area contributed by atoms with Crippen LogP contribution in [0.2, 0.25) is 0 Å². The van der Waals surface area contributed by atoms with Gasteiger partial charge in [0, 0.05) is 13.1 Å². The second kappa shape index (κ2) is 10.5. The molecule has 0 spiro atoms. The lowest BCUT2D eigenvalue weighted by Crippen LogP contribution is -2.38. The molecule has 0 heterocycles. The molecule has 0 bridgehead atoms. The van der Waals surface area contributed by atoms with E-state index in [-0.39, 0.29) is 5.91 Å². The van der Waals surface area contributed by atoms with E-state index in [1.54, 1.807) is 7.11 Å². The molecular formula is C21H28N2O2. The Morgan fingerprint density at radius 2 is 1.80 bits per heavy atom. The molecule has 1 N–H and O–H groups in total. The van der Waals surface area contributed by atoms with Crippen LogP contribution in [-0.4, -0.2) is 37.6 Å². The smallest absolute Gasteiger partial charge is 0.234 e. The van der Waals surface area contributed by atoms with Gasteiger partial charge in [-0.15, -0.1) is 0 Å². The van der Waals surface area contributed by atoms with Crippen LogP contribution in [-0.2, 0) is 17.8 Å². The highest BCUT2D eigenvalue weighted by molar-refractivity contribution is 5.78. The maximum Gasteiger partial charge on any atom is 0.234 e. The van der Waals surface area contributed by atoms with Crippen LogP contribution in [0.3, 0.4) is 0 Å². The van der Waals surface area contributed by atoms with Crippen molar-refractivity contribution < 1.29 is 9.53 Å². The van der Waals surface area contributed by atoms with E-state index in [0.717, 1.165) is 37.2 Å². The van der Waals surface area contributed by atoms with Crippen LogP contribution < -0.4 is 10.1 Å². The zero-order valence-electron chi connectivity index (χ0n) is 15.2. The molecule has 4 nitrogen and oxygen atoms in total. The Morgan fingerprint density at radius 1 is 1.08 bits per heavy atom. The van der Waals surface area contributed by atoms with Gasteiger partial charge in [-0.2, -0.15) is 0 Å². The maximum absolute atomic E-state index is 12.3. The number of benzene rings is 2. The van der Waals surface area contributed by atoms with Crippen LogP contribution in [0, 0.1) is 0 Å². The van der Waals surface area contributed by atoms with Gasteiger partial charge < -0.3 is 10.1 Å². The Bertz CT molecular complexity index is 643. The van der Waals surface area contributed by atoms with Gasteiger partial charge in [0.2, 0.25) is 5.91 Å². The lowest BCUT2D eigenvalue weighted by atomic mass is 10.1. The Labute approximate surface area is 150 Å². The fourth-order valence-electron chi connectivity index (χ4n) is 2.88. The molecule has 25 heavy (non-hydrogen) atoms. The lowest BCUT2D eigenvalue weighted by molar-refractivity contribution is -0.122. The monoisotopic (exact) mass is 340 g/mol. The summed E-state index contributed by atoms with van der Waals surface area (Å²) in [6.07, 6.45) is 1.80. The minimum atomic E-state index is 0.0688. The minimum Gasteiger partial charge on any atom is -0.496 e. The van der Waals surface area contributed by atoms with Crippen LogP contribution in [0.5, 0.6) is 5.75 Å². The first-order valence-corrected chi connectivity index (χ1v) is 8.87. The molecule has 0 saturated heterocycles. The molecule has 0 aliphatic rings. The van der Waals surface area contributed by atoms with Gasteiger partial charge in [-0.25, -0.2) is 0 Å². The zero-order chi connectivity index (χ0) is 17.9. The predicted octanol–water partition coefficient (Wildman–Crippen LogP) is 3.27. The zero-order valence-corrected chi connectivity index (χ0v) is 15.2. The molecule has 2 rings (SSSR count). The summed E-state index contributed by atoms with van der Waals surface area (Å²) in [5, 5.41) is 3.02. The number of nitrogens with zero attached hydrogens (tertiary/aromatic N) is 1. The molecule has 2 aromatic carbocycles. The molecule has 0 aromatic heterocycles. The molecule has 0 aliphatic heterocycles. The number of hydrogen-bond donors (Lipinski definition) is 1. The number of ether oxygens (including phenoxy) is 1. The standard InChI is InChI=1S/C21H28N2O2/c1-3-15-23(16-18-9-5-4-6-10-18)17-21(24)22-14-13-19-11-7-8-12-20(19)25-2/h4-12H,3,13-17H2,1-2H3,(H,22,24). The number of amides is 1. The average molecular weight is 340 g/mol. The number of methoxy groups -OCH3 is 1. The van der Waals surface area contributed by atoms with Gasteiger partial charge in [0.1, 0.15) is 5.75 Å². The number of carbonyl (C=O) groups is 1. The highest BCUT2D eigenvalue weighted by atomic mass is 16.5. The summed E-state index contributed by atoms with van der Waals surface area (Å²) in [7, 11) is 1.67. The topological polar surface area (TPSA) is 41.6 Å². The molecule has 4 heteroatoms. The minimum absolute atomic E-state index is 0.0688. The largest absolute Gasteiger partial charge is 0.496 e. The molecule has 2 aromatic rings. The molecule has 134 valence electrons. The van der Waals surface area contributed by atoms with Crippen LogP contribution >= 0.6 is 0 Å². The second-order valence-corrected chi connectivity index (χ2v) is 6.11. The van der Waals surface area contributed by atoms with E-state index in [2.05, 4.69) is 29.3 Å². The number of para-hydroxylation sites is 1. The third kappa shape index (κ3) is 6.59. The van der Waals surface area contributed by atoms with E-state index in [4.69, 9.17) is 4.74 Å². The van der Waals surface area contributed by atoms with Gasteiger partial charge in [0.25, 0.3) is 0 Å². The Kier molecular flexibility index (Phi) is 7.99. The second-order valence-electron chi connectivity index (χ2n) is 6.11. The maximum atomic E-state index is 12.3. The molecule has 0 unspecified atom stereocenters. The van der Waals surface area contributed by atoms with Gasteiger partial charge >= 0.3 is 0 Å². The van der Waals surface area contributed by atoms with Crippen molar-refractivity contribution in [3.63, 3.8) is 0 Å². The fourth-order valence-corrected chi connectivity index (χ4v) is 2.88. The van der Waals surface area contributed by atoms with E-state index in [0.29, 0.717) is 13.1 Å². The van der Waals surface area contributed by atoms with Crippen molar-refractivity contribution in [3.05, 3.63) is 65.7 Å². The summed E-state index contributed by atoms with van der Waals surface area (Å²) in [5.74, 6) is 0.938. The first-order valence-electron chi connectivity index (χ1n) is 8.87. The van der Waals surface area contributed by atoms with Crippen molar-refractivity contribution in [1.82, 2.24) is 10.2 Å².